The summed E-state index contributed by atoms with van der Waals surface area (Å²) in [6.45, 7) is 1.69. The number of rotatable bonds is 2. The summed E-state index contributed by atoms with van der Waals surface area (Å²) in [5.74, 6) is -0.0874. The van der Waals surface area contributed by atoms with E-state index in [1.165, 1.54) is 17.8 Å². The number of carbonyl (C=O) groups excluding carboxylic acids is 1. The van der Waals surface area contributed by atoms with Crippen molar-refractivity contribution in [2.45, 2.75) is 12.3 Å². The second-order valence-corrected chi connectivity index (χ2v) is 6.86. The molecule has 0 N–H and O–H groups in total. The molecule has 0 bridgehead atoms. The third-order valence-corrected chi connectivity index (χ3v) is 5.58. The summed E-state index contributed by atoms with van der Waals surface area (Å²) in [5, 5.41) is 0.559. The molecule has 0 spiro atoms. The molecule has 114 valence electrons. The Morgan fingerprint density at radius 2 is 2.05 bits per heavy atom. The minimum Gasteiger partial charge on any atom is -0.295 e. The Bertz CT molecular complexity index is 753. The molecule has 0 aliphatic carbocycles. The van der Waals surface area contributed by atoms with Gasteiger partial charge in [-0.05, 0) is 30.7 Å². The van der Waals surface area contributed by atoms with Gasteiger partial charge in [-0.2, -0.15) is 0 Å². The highest BCUT2D eigenvalue weighted by Crippen LogP contribution is 2.45. The van der Waals surface area contributed by atoms with E-state index in [1.807, 2.05) is 6.07 Å². The Labute approximate surface area is 142 Å². The summed E-state index contributed by atoms with van der Waals surface area (Å²) in [6.07, 6.45) is 0. The van der Waals surface area contributed by atoms with Crippen LogP contribution < -0.4 is 4.90 Å². The van der Waals surface area contributed by atoms with Crippen molar-refractivity contribution in [2.75, 3.05) is 10.7 Å². The molecule has 2 aromatic rings. The molecule has 0 aromatic heterocycles. The van der Waals surface area contributed by atoms with Gasteiger partial charge in [0.2, 0.25) is 5.91 Å². The van der Waals surface area contributed by atoms with Crippen LogP contribution in [-0.2, 0) is 4.79 Å². The second kappa shape index (κ2) is 6.11. The molecular formula is C16H12Cl2FNOS. The van der Waals surface area contributed by atoms with Gasteiger partial charge in [0.05, 0.1) is 15.8 Å². The fourth-order valence-corrected chi connectivity index (χ4v) is 4.06. The predicted molar refractivity (Wildman–Crippen MR) is 90.3 cm³/mol. The van der Waals surface area contributed by atoms with Crippen molar-refractivity contribution in [1.82, 2.24) is 0 Å². The zero-order chi connectivity index (χ0) is 15.9. The maximum Gasteiger partial charge on any atom is 0.238 e. The van der Waals surface area contributed by atoms with Gasteiger partial charge in [0, 0.05) is 11.3 Å². The predicted octanol–water partition coefficient (Wildman–Crippen LogP) is 5.22. The van der Waals surface area contributed by atoms with Crippen LogP contribution in [-0.4, -0.2) is 11.7 Å². The lowest BCUT2D eigenvalue weighted by Crippen LogP contribution is -2.28. The Morgan fingerprint density at radius 1 is 1.27 bits per heavy atom. The molecule has 22 heavy (non-hydrogen) atoms. The number of anilines is 1. The molecule has 2 aromatic carbocycles. The summed E-state index contributed by atoms with van der Waals surface area (Å²) in [5.41, 5.74) is 1.82. The summed E-state index contributed by atoms with van der Waals surface area (Å²) >= 11 is 13.8. The smallest absolute Gasteiger partial charge is 0.238 e. The molecule has 1 atom stereocenters. The third kappa shape index (κ3) is 2.71. The first-order chi connectivity index (χ1) is 10.5. The van der Waals surface area contributed by atoms with E-state index in [0.29, 0.717) is 27.0 Å². The third-order valence-electron chi connectivity index (χ3n) is 3.55. The summed E-state index contributed by atoms with van der Waals surface area (Å²) < 4.78 is 13.8. The molecule has 1 amide bonds. The van der Waals surface area contributed by atoms with Crippen molar-refractivity contribution < 1.29 is 9.18 Å². The number of thioether (sulfide) groups is 1. The van der Waals surface area contributed by atoms with E-state index in [-0.39, 0.29) is 17.1 Å². The summed E-state index contributed by atoms with van der Waals surface area (Å²) in [6, 6.07) is 10.1. The van der Waals surface area contributed by atoms with Crippen molar-refractivity contribution in [3.05, 3.63) is 63.4 Å². The number of halogens is 3. The van der Waals surface area contributed by atoms with Crippen molar-refractivity contribution in [3.8, 4) is 0 Å². The lowest BCUT2D eigenvalue weighted by Gasteiger charge is -2.25. The number of aryl methyl sites for hydroxylation is 1. The Morgan fingerprint density at radius 3 is 2.77 bits per heavy atom. The first-order valence-electron chi connectivity index (χ1n) is 6.63. The molecule has 3 rings (SSSR count). The van der Waals surface area contributed by atoms with Gasteiger partial charge < -0.3 is 0 Å². The molecule has 1 aliphatic rings. The van der Waals surface area contributed by atoms with Crippen LogP contribution in [0.25, 0.3) is 0 Å². The zero-order valence-corrected chi connectivity index (χ0v) is 14.0. The van der Waals surface area contributed by atoms with E-state index in [9.17, 15) is 9.18 Å². The largest absolute Gasteiger partial charge is 0.295 e. The van der Waals surface area contributed by atoms with Crippen LogP contribution in [0.5, 0.6) is 0 Å². The average Bonchev–Trinajstić information content (AvgIpc) is 2.86. The molecule has 1 saturated heterocycles. The summed E-state index contributed by atoms with van der Waals surface area (Å²) in [7, 11) is 0. The molecule has 0 unspecified atom stereocenters. The van der Waals surface area contributed by atoms with E-state index >= 15 is 0 Å². The average molecular weight is 356 g/mol. The fraction of sp³-hybridized carbons (Fsp3) is 0.188. The van der Waals surface area contributed by atoms with Gasteiger partial charge in [0.15, 0.2) is 0 Å². The highest BCUT2D eigenvalue weighted by atomic mass is 35.5. The van der Waals surface area contributed by atoms with Gasteiger partial charge in [-0.25, -0.2) is 4.39 Å². The zero-order valence-electron chi connectivity index (χ0n) is 11.6. The van der Waals surface area contributed by atoms with E-state index in [4.69, 9.17) is 23.2 Å². The first kappa shape index (κ1) is 15.7. The van der Waals surface area contributed by atoms with E-state index in [2.05, 4.69) is 0 Å². The van der Waals surface area contributed by atoms with Gasteiger partial charge in [-0.15, -0.1) is 11.8 Å². The highest BCUT2D eigenvalue weighted by Gasteiger charge is 2.35. The molecule has 6 heteroatoms. The molecular weight excluding hydrogens is 344 g/mol. The quantitative estimate of drug-likeness (QED) is 0.735. The van der Waals surface area contributed by atoms with Gasteiger partial charge >= 0.3 is 0 Å². The SMILES string of the molecule is Cc1ccc(N2C(=O)CS[C@@H]2c2cccc(Cl)c2Cl)cc1F. The first-order valence-corrected chi connectivity index (χ1v) is 8.43. The lowest BCUT2D eigenvalue weighted by molar-refractivity contribution is -0.115. The molecule has 0 radical (unpaired) electrons. The van der Waals surface area contributed by atoms with E-state index in [1.54, 1.807) is 36.1 Å². The molecule has 1 aliphatic heterocycles. The summed E-state index contributed by atoms with van der Waals surface area (Å²) in [4.78, 5) is 13.8. The van der Waals surface area contributed by atoms with Crippen molar-refractivity contribution >= 4 is 46.6 Å². The number of benzene rings is 2. The van der Waals surface area contributed by atoms with E-state index < -0.39 is 0 Å². The molecule has 1 fully saturated rings. The number of hydrogen-bond acceptors (Lipinski definition) is 2. The van der Waals surface area contributed by atoms with Crippen LogP contribution >= 0.6 is 35.0 Å². The number of carbonyl (C=O) groups is 1. The van der Waals surface area contributed by atoms with Gasteiger partial charge in [-0.3, -0.25) is 9.69 Å². The molecule has 1 heterocycles. The van der Waals surface area contributed by atoms with Crippen LogP contribution in [0.2, 0.25) is 10.0 Å². The normalized spacial score (nSPS) is 18.1. The van der Waals surface area contributed by atoms with Gasteiger partial charge in [-0.1, -0.05) is 41.4 Å². The minimum atomic E-state index is -0.335. The van der Waals surface area contributed by atoms with Crippen molar-refractivity contribution in [2.24, 2.45) is 0 Å². The van der Waals surface area contributed by atoms with Crippen molar-refractivity contribution in [1.29, 1.82) is 0 Å². The second-order valence-electron chi connectivity index (χ2n) is 5.00. The van der Waals surface area contributed by atoms with Crippen molar-refractivity contribution in [3.63, 3.8) is 0 Å². The van der Waals surface area contributed by atoms with Crippen LogP contribution in [0, 0.1) is 12.7 Å². The molecule has 0 saturated carbocycles. The highest BCUT2D eigenvalue weighted by molar-refractivity contribution is 8.00. The maximum absolute atomic E-state index is 13.8. The number of amides is 1. The van der Waals surface area contributed by atoms with Gasteiger partial charge in [0.1, 0.15) is 11.2 Å². The van der Waals surface area contributed by atoms with Crippen LogP contribution in [0.3, 0.4) is 0 Å². The Hall–Kier alpha value is -1.23. The Balaban J connectivity index is 2.06. The van der Waals surface area contributed by atoms with Gasteiger partial charge in [0.25, 0.3) is 0 Å². The number of hydrogen-bond donors (Lipinski definition) is 0. The Kier molecular flexibility index (Phi) is 4.35. The number of nitrogens with zero attached hydrogens (tertiary/aromatic N) is 1. The van der Waals surface area contributed by atoms with Crippen LogP contribution in [0.1, 0.15) is 16.5 Å². The minimum absolute atomic E-state index is 0.0747. The van der Waals surface area contributed by atoms with E-state index in [0.717, 1.165) is 5.56 Å². The fourth-order valence-electron chi connectivity index (χ4n) is 2.38. The molecule has 2 nitrogen and oxygen atoms in total. The van der Waals surface area contributed by atoms with Crippen LogP contribution in [0.4, 0.5) is 10.1 Å². The topological polar surface area (TPSA) is 20.3 Å². The van der Waals surface area contributed by atoms with Crippen LogP contribution in [0.15, 0.2) is 36.4 Å². The lowest BCUT2D eigenvalue weighted by atomic mass is 10.1. The standard InChI is InChI=1S/C16H12Cl2FNOS/c1-9-5-6-10(7-13(9)19)20-14(21)8-22-16(20)11-3-2-4-12(17)15(11)18/h2-7,16H,8H2,1H3/t16-/m1/s1. The maximum atomic E-state index is 13.8. The monoisotopic (exact) mass is 355 g/mol.